The molecule has 10 heteroatoms. The van der Waals surface area contributed by atoms with Crippen LogP contribution < -0.4 is 20.3 Å². The number of Topliss-reactive ketones (excluding diaryl/α,β-unsaturated/α-hetero) is 1. The molecule has 1 fully saturated rings. The first-order valence-corrected chi connectivity index (χ1v) is 16.7. The molecular weight excluding hydrogens is 634 g/mol. The summed E-state index contributed by atoms with van der Waals surface area (Å²) in [6, 6.07) is 30.2. The minimum atomic E-state index is -1.14. The van der Waals surface area contributed by atoms with Crippen LogP contribution in [0.3, 0.4) is 0 Å². The van der Waals surface area contributed by atoms with Crippen LogP contribution in [-0.4, -0.2) is 66.2 Å². The summed E-state index contributed by atoms with van der Waals surface area (Å²) in [6.45, 7) is 5.02. The molecule has 1 saturated heterocycles. The van der Waals surface area contributed by atoms with E-state index in [1.165, 1.54) is 11.8 Å². The molecule has 0 spiro atoms. The molecule has 4 aromatic rings. The highest BCUT2D eigenvalue weighted by Crippen LogP contribution is 2.24. The lowest BCUT2D eigenvalue weighted by Gasteiger charge is -2.29. The van der Waals surface area contributed by atoms with Gasteiger partial charge >= 0.3 is 6.09 Å². The zero-order valence-corrected chi connectivity index (χ0v) is 28.5. The zero-order chi connectivity index (χ0) is 35.6. The van der Waals surface area contributed by atoms with E-state index in [9.17, 15) is 24.3 Å². The van der Waals surface area contributed by atoms with Crippen LogP contribution in [0.15, 0.2) is 103 Å². The first-order chi connectivity index (χ1) is 24.1. The number of hydrogen-bond acceptors (Lipinski definition) is 7. The van der Waals surface area contributed by atoms with E-state index in [4.69, 9.17) is 9.47 Å². The van der Waals surface area contributed by atoms with Crippen LogP contribution in [-0.2, 0) is 27.2 Å². The highest BCUT2D eigenvalue weighted by atomic mass is 16.6. The fraction of sp³-hybridized carbons (Fsp3) is 0.300. The minimum absolute atomic E-state index is 0.0623. The maximum Gasteiger partial charge on any atom is 0.415 e. The van der Waals surface area contributed by atoms with Gasteiger partial charge in [-0.2, -0.15) is 0 Å². The van der Waals surface area contributed by atoms with E-state index in [2.05, 4.69) is 10.6 Å². The van der Waals surface area contributed by atoms with Crippen LogP contribution in [0.2, 0.25) is 0 Å². The summed E-state index contributed by atoms with van der Waals surface area (Å²) in [5.41, 5.74) is 4.58. The molecule has 0 bridgehead atoms. The van der Waals surface area contributed by atoms with Gasteiger partial charge in [-0.3, -0.25) is 19.3 Å². The van der Waals surface area contributed by atoms with Crippen molar-refractivity contribution < 1.29 is 33.8 Å². The molecule has 260 valence electrons. The predicted octanol–water partition coefficient (Wildman–Crippen LogP) is 5.12. The summed E-state index contributed by atoms with van der Waals surface area (Å²) in [6.07, 6.45) is -2.09. The van der Waals surface area contributed by atoms with Gasteiger partial charge in [0.1, 0.15) is 5.75 Å². The summed E-state index contributed by atoms with van der Waals surface area (Å²) < 4.78 is 11.3. The number of hydrogen-bond donors (Lipinski definition) is 3. The molecule has 0 saturated carbocycles. The molecular formula is C40H43N3O7. The highest BCUT2D eigenvalue weighted by Gasteiger charge is 2.39. The maximum atomic E-state index is 13.6. The second kappa shape index (κ2) is 16.8. The van der Waals surface area contributed by atoms with Gasteiger partial charge in [-0.05, 0) is 74.4 Å². The normalized spacial score (nSPS) is 15.8. The number of ether oxygens (including phenoxy) is 2. The quantitative estimate of drug-likeness (QED) is 0.149. The molecule has 1 heterocycles. The SMILES string of the molecule is CC(=O)c1cccc(N2C[C@@H](C(=O)N[C@@H](Cc3ccccc3)C(O)C[C@H](Cc3ccccc3)NC(=O)COc3c(C)cccc3C)OC2=O)c1. The highest BCUT2D eigenvalue weighted by molar-refractivity contribution is 5.98. The van der Waals surface area contributed by atoms with Gasteiger partial charge in [0, 0.05) is 17.3 Å². The van der Waals surface area contributed by atoms with Crippen LogP contribution in [0.4, 0.5) is 10.5 Å². The Morgan fingerprint density at radius 2 is 1.48 bits per heavy atom. The number of carbonyl (C=O) groups excluding carboxylic acids is 4. The van der Waals surface area contributed by atoms with Gasteiger partial charge < -0.3 is 25.2 Å². The van der Waals surface area contributed by atoms with Crippen molar-refractivity contribution in [2.45, 2.75) is 64.3 Å². The predicted molar refractivity (Wildman–Crippen MR) is 190 cm³/mol. The molecule has 1 aliphatic heterocycles. The number of ketones is 1. The van der Waals surface area contributed by atoms with Gasteiger partial charge in [-0.1, -0.05) is 91.0 Å². The minimum Gasteiger partial charge on any atom is -0.483 e. The van der Waals surface area contributed by atoms with Crippen molar-refractivity contribution in [2.24, 2.45) is 0 Å². The second-order valence-corrected chi connectivity index (χ2v) is 12.7. The molecule has 50 heavy (non-hydrogen) atoms. The van der Waals surface area contributed by atoms with Crippen LogP contribution in [0.1, 0.15) is 46.0 Å². The summed E-state index contributed by atoms with van der Waals surface area (Å²) >= 11 is 0. The first-order valence-electron chi connectivity index (χ1n) is 16.7. The van der Waals surface area contributed by atoms with Gasteiger partial charge in [0.15, 0.2) is 18.5 Å². The third-order valence-corrected chi connectivity index (χ3v) is 8.73. The average molecular weight is 678 g/mol. The Balaban J connectivity index is 1.30. The summed E-state index contributed by atoms with van der Waals surface area (Å²) in [4.78, 5) is 52.9. The van der Waals surface area contributed by atoms with E-state index < -0.39 is 36.3 Å². The largest absolute Gasteiger partial charge is 0.483 e. The molecule has 5 rings (SSSR count). The molecule has 4 aromatic carbocycles. The molecule has 0 aromatic heterocycles. The number of para-hydroxylation sites is 1. The summed E-state index contributed by atoms with van der Waals surface area (Å²) in [5.74, 6) is -0.391. The van der Waals surface area contributed by atoms with Crippen LogP contribution in [0.5, 0.6) is 5.75 Å². The third-order valence-electron chi connectivity index (χ3n) is 8.73. The molecule has 3 amide bonds. The van der Waals surface area contributed by atoms with Crippen molar-refractivity contribution in [2.75, 3.05) is 18.1 Å². The lowest BCUT2D eigenvalue weighted by molar-refractivity contribution is -0.129. The number of benzene rings is 4. The number of anilines is 1. The maximum absolute atomic E-state index is 13.6. The van der Waals surface area contributed by atoms with Gasteiger partial charge in [0.05, 0.1) is 18.7 Å². The van der Waals surface area contributed by atoms with Crippen LogP contribution in [0.25, 0.3) is 0 Å². The average Bonchev–Trinajstić information content (AvgIpc) is 3.50. The van der Waals surface area contributed by atoms with Crippen molar-refractivity contribution in [1.29, 1.82) is 0 Å². The lowest BCUT2D eigenvalue weighted by Crippen LogP contribution is -2.51. The first kappa shape index (κ1) is 35.8. The Labute approximate surface area is 292 Å². The van der Waals surface area contributed by atoms with Gasteiger partial charge in [0.2, 0.25) is 0 Å². The van der Waals surface area contributed by atoms with E-state index in [-0.39, 0.29) is 31.3 Å². The van der Waals surface area contributed by atoms with Crippen molar-refractivity contribution in [1.82, 2.24) is 10.6 Å². The Bertz CT molecular complexity index is 1780. The number of aliphatic hydroxyl groups excluding tert-OH is 1. The van der Waals surface area contributed by atoms with E-state index >= 15 is 0 Å². The molecule has 4 atom stereocenters. The molecule has 1 aliphatic rings. The number of carbonyl (C=O) groups is 4. The Hall–Kier alpha value is -5.48. The number of nitrogens with one attached hydrogen (secondary N) is 2. The number of rotatable bonds is 15. The molecule has 1 unspecified atom stereocenters. The van der Waals surface area contributed by atoms with E-state index in [0.29, 0.717) is 29.8 Å². The zero-order valence-electron chi connectivity index (χ0n) is 28.5. The number of nitrogens with zero attached hydrogens (tertiary/aromatic N) is 1. The Morgan fingerprint density at radius 1 is 0.860 bits per heavy atom. The van der Waals surface area contributed by atoms with Gasteiger partial charge in [0.25, 0.3) is 11.8 Å². The van der Waals surface area contributed by atoms with Crippen molar-refractivity contribution in [3.63, 3.8) is 0 Å². The third kappa shape index (κ3) is 9.57. The fourth-order valence-corrected chi connectivity index (χ4v) is 6.11. The molecule has 0 aliphatic carbocycles. The fourth-order valence-electron chi connectivity index (χ4n) is 6.11. The molecule has 0 radical (unpaired) electrons. The standard InChI is InChI=1S/C40H43N3O7/c1-26-12-10-13-27(2)38(26)49-25-37(46)41-32(20-29-14-6-4-7-15-29)23-35(45)34(21-30-16-8-5-9-17-30)42-39(47)36-24-43(40(48)50-36)33-19-11-18-31(22-33)28(3)44/h4-19,22,32,34-36,45H,20-21,23-25H2,1-3H3,(H,41,46)(H,42,47)/t32-,34-,35?,36-/m0/s1. The number of cyclic esters (lactones) is 1. The topological polar surface area (TPSA) is 134 Å². The van der Waals surface area contributed by atoms with Crippen molar-refractivity contribution in [3.05, 3.63) is 131 Å². The number of amides is 3. The summed E-state index contributed by atoms with van der Waals surface area (Å²) in [5, 5.41) is 17.7. The smallest absolute Gasteiger partial charge is 0.415 e. The number of aryl methyl sites for hydroxylation is 2. The monoisotopic (exact) mass is 677 g/mol. The van der Waals surface area contributed by atoms with E-state index in [1.54, 1.807) is 24.3 Å². The van der Waals surface area contributed by atoms with Gasteiger partial charge in [-0.25, -0.2) is 4.79 Å². The van der Waals surface area contributed by atoms with E-state index in [0.717, 1.165) is 22.3 Å². The molecule has 3 N–H and O–H groups in total. The lowest BCUT2D eigenvalue weighted by atomic mass is 9.93. The Morgan fingerprint density at radius 3 is 2.12 bits per heavy atom. The van der Waals surface area contributed by atoms with Gasteiger partial charge in [-0.15, -0.1) is 0 Å². The second-order valence-electron chi connectivity index (χ2n) is 12.7. The summed E-state index contributed by atoms with van der Waals surface area (Å²) in [7, 11) is 0. The molecule has 10 nitrogen and oxygen atoms in total. The van der Waals surface area contributed by atoms with E-state index in [1.807, 2.05) is 92.7 Å². The Kier molecular flexibility index (Phi) is 12.0. The van der Waals surface area contributed by atoms with Crippen LogP contribution in [0, 0.1) is 13.8 Å². The van der Waals surface area contributed by atoms with Crippen LogP contribution >= 0.6 is 0 Å². The van der Waals surface area contributed by atoms with Crippen molar-refractivity contribution >= 4 is 29.4 Å². The number of aliphatic hydroxyl groups is 1. The van der Waals surface area contributed by atoms with Crippen molar-refractivity contribution in [3.8, 4) is 5.75 Å².